The number of nitrogens with zero attached hydrogens (tertiary/aromatic N) is 1. The van der Waals surface area contributed by atoms with Crippen molar-refractivity contribution in [1.82, 2.24) is 0 Å². The van der Waals surface area contributed by atoms with Gasteiger partial charge in [0.15, 0.2) is 11.5 Å². The predicted octanol–water partition coefficient (Wildman–Crippen LogP) is 4.87. The molecule has 154 valence electrons. The first kappa shape index (κ1) is 19.6. The number of rotatable bonds is 6. The Labute approximate surface area is 176 Å². The predicted molar refractivity (Wildman–Crippen MR) is 117 cm³/mol. The van der Waals surface area contributed by atoms with Crippen molar-refractivity contribution >= 4 is 17.3 Å². The van der Waals surface area contributed by atoms with Crippen LogP contribution in [0.3, 0.4) is 0 Å². The molecule has 3 aromatic carbocycles. The first-order valence-electron chi connectivity index (χ1n) is 9.81. The van der Waals surface area contributed by atoms with Crippen LogP contribution < -0.4 is 24.4 Å². The van der Waals surface area contributed by atoms with Crippen molar-refractivity contribution < 1.29 is 19.0 Å². The molecule has 6 nitrogen and oxygen atoms in total. The zero-order valence-corrected chi connectivity index (χ0v) is 17.2. The number of amides is 1. The lowest BCUT2D eigenvalue weighted by atomic mass is 10.0. The summed E-state index contributed by atoms with van der Waals surface area (Å²) in [5, 5.41) is 3.50. The number of carbonyl (C=O) groups excluding carboxylic acids is 1. The summed E-state index contributed by atoms with van der Waals surface area (Å²) >= 11 is 0. The Morgan fingerprint density at radius 3 is 2.40 bits per heavy atom. The number of hydrogen-bond acceptors (Lipinski definition) is 5. The van der Waals surface area contributed by atoms with Gasteiger partial charge in [0.2, 0.25) is 0 Å². The molecule has 1 atom stereocenters. The van der Waals surface area contributed by atoms with Crippen LogP contribution in [0.25, 0.3) is 0 Å². The smallest absolute Gasteiger partial charge is 0.262 e. The van der Waals surface area contributed by atoms with E-state index in [2.05, 4.69) is 5.32 Å². The first-order chi connectivity index (χ1) is 14.7. The van der Waals surface area contributed by atoms with Crippen LogP contribution in [0.4, 0.5) is 11.4 Å². The zero-order chi connectivity index (χ0) is 21.1. The quantitative estimate of drug-likeness (QED) is 0.635. The molecule has 0 radical (unpaired) electrons. The monoisotopic (exact) mass is 404 g/mol. The third-order valence-electron chi connectivity index (χ3n) is 5.08. The fourth-order valence-corrected chi connectivity index (χ4v) is 3.78. The molecule has 0 saturated heterocycles. The zero-order valence-electron chi connectivity index (χ0n) is 17.2. The summed E-state index contributed by atoms with van der Waals surface area (Å²) in [5.74, 6) is 1.70. The summed E-state index contributed by atoms with van der Waals surface area (Å²) in [6, 6.07) is 20.6. The molecule has 0 spiro atoms. The summed E-state index contributed by atoms with van der Waals surface area (Å²) in [6.45, 7) is 2.43. The Kier molecular flexibility index (Phi) is 5.48. The fraction of sp³-hybridized carbons (Fsp3) is 0.208. The summed E-state index contributed by atoms with van der Waals surface area (Å²) in [5.41, 5.74) is 2.82. The second-order valence-electron chi connectivity index (χ2n) is 6.75. The number of benzene rings is 3. The number of ether oxygens (including phenoxy) is 3. The lowest BCUT2D eigenvalue weighted by Crippen LogP contribution is -2.43. The molecule has 1 aliphatic rings. The van der Waals surface area contributed by atoms with Crippen LogP contribution in [0.1, 0.15) is 29.0 Å². The molecule has 1 amide bonds. The first-order valence-corrected chi connectivity index (χ1v) is 9.81. The van der Waals surface area contributed by atoms with Crippen LogP contribution in [0, 0.1) is 0 Å². The summed E-state index contributed by atoms with van der Waals surface area (Å²) in [6.07, 6.45) is -0.515. The average Bonchev–Trinajstić information content (AvgIpc) is 2.79. The third-order valence-corrected chi connectivity index (χ3v) is 5.08. The second-order valence-corrected chi connectivity index (χ2v) is 6.75. The SMILES string of the molecule is CCOc1cccc([C@H]2Nc3ccccc3C(=O)N2c2ccccc2OC)c1OC. The van der Waals surface area contributed by atoms with Crippen LogP contribution in [0.2, 0.25) is 0 Å². The highest BCUT2D eigenvalue weighted by molar-refractivity contribution is 6.12. The van der Waals surface area contributed by atoms with Crippen molar-refractivity contribution in [2.45, 2.75) is 13.1 Å². The van der Waals surface area contributed by atoms with Crippen molar-refractivity contribution in [3.8, 4) is 17.2 Å². The van der Waals surface area contributed by atoms with E-state index < -0.39 is 6.17 Å². The summed E-state index contributed by atoms with van der Waals surface area (Å²) in [7, 11) is 3.20. The van der Waals surface area contributed by atoms with Crippen molar-refractivity contribution in [1.29, 1.82) is 0 Å². The van der Waals surface area contributed by atoms with Crippen LogP contribution in [-0.2, 0) is 0 Å². The molecule has 4 rings (SSSR count). The van der Waals surface area contributed by atoms with Gasteiger partial charge in [0.1, 0.15) is 11.9 Å². The van der Waals surface area contributed by atoms with E-state index in [4.69, 9.17) is 14.2 Å². The molecule has 1 heterocycles. The van der Waals surface area contributed by atoms with Gasteiger partial charge in [-0.25, -0.2) is 0 Å². The van der Waals surface area contributed by atoms with E-state index >= 15 is 0 Å². The van der Waals surface area contributed by atoms with E-state index in [0.29, 0.717) is 35.1 Å². The van der Waals surface area contributed by atoms with Gasteiger partial charge < -0.3 is 19.5 Å². The third kappa shape index (κ3) is 3.30. The minimum absolute atomic E-state index is 0.122. The molecule has 0 bridgehead atoms. The molecule has 1 N–H and O–H groups in total. The van der Waals surface area contributed by atoms with Gasteiger partial charge in [0, 0.05) is 11.3 Å². The fourth-order valence-electron chi connectivity index (χ4n) is 3.78. The second kappa shape index (κ2) is 8.37. The van der Waals surface area contributed by atoms with E-state index in [1.807, 2.05) is 73.7 Å². The number of anilines is 2. The number of methoxy groups -OCH3 is 2. The van der Waals surface area contributed by atoms with Gasteiger partial charge in [0.25, 0.3) is 5.91 Å². The van der Waals surface area contributed by atoms with E-state index in [1.54, 1.807) is 19.1 Å². The molecular formula is C24H24N2O4. The highest BCUT2D eigenvalue weighted by atomic mass is 16.5. The maximum absolute atomic E-state index is 13.6. The highest BCUT2D eigenvalue weighted by Crippen LogP contribution is 2.44. The van der Waals surface area contributed by atoms with Gasteiger partial charge in [0.05, 0.1) is 32.1 Å². The molecule has 1 aliphatic heterocycles. The minimum atomic E-state index is -0.515. The number of nitrogens with one attached hydrogen (secondary N) is 1. The molecule has 6 heteroatoms. The van der Waals surface area contributed by atoms with Crippen LogP contribution >= 0.6 is 0 Å². The van der Waals surface area contributed by atoms with Crippen LogP contribution in [-0.4, -0.2) is 26.7 Å². The maximum atomic E-state index is 13.6. The van der Waals surface area contributed by atoms with Gasteiger partial charge in [-0.05, 0) is 37.3 Å². The van der Waals surface area contributed by atoms with Crippen molar-refractivity contribution in [3.05, 3.63) is 77.9 Å². The summed E-state index contributed by atoms with van der Waals surface area (Å²) < 4.78 is 17.0. The van der Waals surface area contributed by atoms with Crippen LogP contribution in [0.5, 0.6) is 17.2 Å². The number of para-hydroxylation sites is 4. The van der Waals surface area contributed by atoms with Gasteiger partial charge >= 0.3 is 0 Å². The topological polar surface area (TPSA) is 60.0 Å². The Hall–Kier alpha value is -3.67. The van der Waals surface area contributed by atoms with E-state index in [0.717, 1.165) is 11.3 Å². The molecular weight excluding hydrogens is 380 g/mol. The lowest BCUT2D eigenvalue weighted by Gasteiger charge is -2.39. The van der Waals surface area contributed by atoms with Gasteiger partial charge in [-0.2, -0.15) is 0 Å². The lowest BCUT2D eigenvalue weighted by molar-refractivity contribution is 0.0973. The Bertz CT molecular complexity index is 1070. The molecule has 0 fully saturated rings. The maximum Gasteiger partial charge on any atom is 0.262 e. The largest absolute Gasteiger partial charge is 0.495 e. The summed E-state index contributed by atoms with van der Waals surface area (Å²) in [4.78, 5) is 15.3. The Balaban J connectivity index is 1.93. The average molecular weight is 404 g/mol. The minimum Gasteiger partial charge on any atom is -0.495 e. The van der Waals surface area contributed by atoms with Crippen molar-refractivity contribution in [2.24, 2.45) is 0 Å². The number of carbonyl (C=O) groups is 1. The Morgan fingerprint density at radius 1 is 0.900 bits per heavy atom. The molecule has 3 aromatic rings. The van der Waals surface area contributed by atoms with Crippen LogP contribution in [0.15, 0.2) is 66.7 Å². The van der Waals surface area contributed by atoms with Crippen molar-refractivity contribution in [2.75, 3.05) is 31.0 Å². The van der Waals surface area contributed by atoms with E-state index in [-0.39, 0.29) is 5.91 Å². The molecule has 30 heavy (non-hydrogen) atoms. The molecule has 0 aliphatic carbocycles. The van der Waals surface area contributed by atoms with Gasteiger partial charge in [-0.15, -0.1) is 0 Å². The number of hydrogen-bond donors (Lipinski definition) is 1. The molecule has 0 saturated carbocycles. The Morgan fingerprint density at radius 2 is 1.63 bits per heavy atom. The normalized spacial score (nSPS) is 15.2. The van der Waals surface area contributed by atoms with Gasteiger partial charge in [-0.1, -0.05) is 36.4 Å². The van der Waals surface area contributed by atoms with Gasteiger partial charge in [-0.3, -0.25) is 9.69 Å². The molecule has 0 aromatic heterocycles. The standard InChI is InChI=1S/C24H24N2O4/c1-4-30-21-15-9-11-17(22(21)29-3)23-25-18-12-6-5-10-16(18)24(27)26(23)19-13-7-8-14-20(19)28-2/h5-15,23,25H,4H2,1-3H3/t23-/m0/s1. The highest BCUT2D eigenvalue weighted by Gasteiger charge is 2.37. The molecule has 0 unspecified atom stereocenters. The van der Waals surface area contributed by atoms with E-state index in [1.165, 1.54) is 0 Å². The van der Waals surface area contributed by atoms with E-state index in [9.17, 15) is 4.79 Å². The number of fused-ring (bicyclic) bond motifs is 1. The van der Waals surface area contributed by atoms with Crippen molar-refractivity contribution in [3.63, 3.8) is 0 Å².